The Morgan fingerprint density at radius 1 is 0.421 bits per heavy atom. The van der Waals surface area contributed by atoms with Crippen LogP contribution in [0.1, 0.15) is 0 Å². The predicted molar refractivity (Wildman–Crippen MR) is 168 cm³/mol. The summed E-state index contributed by atoms with van der Waals surface area (Å²) in [5.74, 6) is 0. The monoisotopic (exact) mass is 531 g/mol. The first-order valence-corrected chi connectivity index (χ1v) is 14.7. The molecule has 0 N–H and O–H groups in total. The van der Waals surface area contributed by atoms with Gasteiger partial charge in [0.05, 0.1) is 0 Å². The van der Waals surface area contributed by atoms with Gasteiger partial charge in [0, 0.05) is 116 Å². The van der Waals surface area contributed by atoms with E-state index in [9.17, 15) is 0 Å². The Hall–Kier alpha value is -3.15. The zero-order valence-corrected chi connectivity index (χ0v) is 24.6. The molecule has 3 aromatic rings. The first-order valence-electron chi connectivity index (χ1n) is 13.5. The number of anilines is 6. The molecule has 3 aliphatic heterocycles. The average Bonchev–Trinajstić information content (AvgIpc) is 2.89. The van der Waals surface area contributed by atoms with Gasteiger partial charge in [0.25, 0.3) is 0 Å². The molecular weight excluding hydrogens is 489 g/mol. The zero-order chi connectivity index (χ0) is 26.8. The molecule has 0 aliphatic carbocycles. The van der Waals surface area contributed by atoms with Crippen molar-refractivity contribution in [2.45, 2.75) is 0 Å². The molecule has 202 valence electrons. The predicted octanol–water partition coefficient (Wildman–Crippen LogP) is 5.26. The van der Waals surface area contributed by atoms with Gasteiger partial charge in [-0.1, -0.05) is 0 Å². The third kappa shape index (κ3) is 5.50. The summed E-state index contributed by atoms with van der Waals surface area (Å²) >= 11 is 0. The van der Waals surface area contributed by atoms with Crippen LogP contribution in [0.2, 0.25) is 0 Å². The molecule has 3 aromatic carbocycles. The van der Waals surface area contributed by atoms with Gasteiger partial charge in [-0.05, 0) is 72.8 Å². The topological polar surface area (TPSA) is 22.7 Å². The van der Waals surface area contributed by atoms with Crippen molar-refractivity contribution in [1.82, 2.24) is 4.90 Å². The molecule has 0 spiro atoms. The van der Waals surface area contributed by atoms with E-state index in [1.54, 1.807) is 0 Å². The molecule has 38 heavy (non-hydrogen) atoms. The van der Waals surface area contributed by atoms with Gasteiger partial charge in [0.2, 0.25) is 8.37 Å². The highest BCUT2D eigenvalue weighted by Crippen LogP contribution is 2.55. The Kier molecular flexibility index (Phi) is 7.87. The van der Waals surface area contributed by atoms with Crippen LogP contribution >= 0.6 is 8.37 Å². The largest absolute Gasteiger partial charge is 0.378 e. The molecule has 3 saturated heterocycles. The minimum absolute atomic E-state index is 0.839. The molecule has 7 nitrogen and oxygen atoms in total. The highest BCUT2D eigenvalue weighted by molar-refractivity contribution is 7.62. The van der Waals surface area contributed by atoms with Crippen LogP contribution in [0.4, 0.5) is 34.1 Å². The second-order valence-corrected chi connectivity index (χ2v) is 12.7. The Bertz CT molecular complexity index is 1030. The van der Waals surface area contributed by atoms with Crippen molar-refractivity contribution in [3.8, 4) is 0 Å². The maximum atomic E-state index is 2.67. The number of hydrogen-bond donors (Lipinski definition) is 0. The second kappa shape index (κ2) is 11.3. The average molecular weight is 532 g/mol. The van der Waals surface area contributed by atoms with Crippen molar-refractivity contribution < 1.29 is 0 Å². The molecular formula is C30H42N7P. The molecule has 0 aromatic heterocycles. The molecule has 0 radical (unpaired) electrons. The molecule has 0 unspecified atom stereocenters. The lowest BCUT2D eigenvalue weighted by Gasteiger charge is -2.52. The molecule has 3 aliphatic rings. The van der Waals surface area contributed by atoms with Gasteiger partial charge in [0.1, 0.15) is 0 Å². The summed E-state index contributed by atoms with van der Waals surface area (Å²) in [6.45, 7) is 6.29. The van der Waals surface area contributed by atoms with Gasteiger partial charge in [-0.2, -0.15) is 0 Å². The molecule has 0 amide bonds. The summed E-state index contributed by atoms with van der Waals surface area (Å²) in [5.41, 5.74) is 7.55. The molecule has 0 saturated carbocycles. The van der Waals surface area contributed by atoms with Crippen molar-refractivity contribution in [2.75, 3.05) is 110 Å². The lowest BCUT2D eigenvalue weighted by molar-refractivity contribution is 0.291. The first kappa shape index (κ1) is 26.5. The summed E-state index contributed by atoms with van der Waals surface area (Å²) in [6, 6.07) is 27.3. The van der Waals surface area contributed by atoms with Crippen LogP contribution < -0.4 is 28.7 Å². The molecule has 8 heteroatoms. The van der Waals surface area contributed by atoms with Crippen molar-refractivity contribution in [1.29, 1.82) is 0 Å². The normalized spacial score (nSPS) is 19.6. The molecule has 6 rings (SSSR count). The molecule has 2 bridgehead atoms. The Balaban J connectivity index is 1.61. The van der Waals surface area contributed by atoms with Crippen molar-refractivity contribution in [3.63, 3.8) is 0 Å². The summed E-state index contributed by atoms with van der Waals surface area (Å²) in [7, 11) is 11.8. The van der Waals surface area contributed by atoms with Gasteiger partial charge < -0.3 is 28.7 Å². The quantitative estimate of drug-likeness (QED) is 0.400. The maximum Gasteiger partial charge on any atom is 0.208 e. The number of nitrogens with zero attached hydrogens (tertiary/aromatic N) is 7. The standard InChI is InChI=1S/C30H42N7P/c1-31(2)25-7-13-28(14-8-25)35-22-19-34-20-23-36(29-15-9-26(10-16-29)32(3)4)38(35)37(24-21-34)30-17-11-27(12-18-30)33(5)6/h7-18H,19-24H2,1-6H3. The summed E-state index contributed by atoms with van der Waals surface area (Å²) in [6.07, 6.45) is 0. The second-order valence-electron chi connectivity index (χ2n) is 10.7. The van der Waals surface area contributed by atoms with Crippen molar-refractivity contribution >= 4 is 42.5 Å². The Morgan fingerprint density at radius 2 is 0.684 bits per heavy atom. The summed E-state index contributed by atoms with van der Waals surface area (Å²) in [5, 5.41) is 0. The Labute approximate surface area is 230 Å². The fraction of sp³-hybridized carbons (Fsp3) is 0.400. The van der Waals surface area contributed by atoms with E-state index in [0.717, 1.165) is 39.3 Å². The van der Waals surface area contributed by atoms with Gasteiger partial charge >= 0.3 is 0 Å². The minimum Gasteiger partial charge on any atom is -0.378 e. The molecule has 3 heterocycles. The fourth-order valence-corrected chi connectivity index (χ4v) is 7.78. The molecule has 0 atom stereocenters. The number of fused-ring (bicyclic) bond motifs is 6. The highest BCUT2D eigenvalue weighted by atomic mass is 31.2. The third-order valence-corrected chi connectivity index (χ3v) is 10.1. The maximum absolute atomic E-state index is 2.67. The highest BCUT2D eigenvalue weighted by Gasteiger charge is 2.37. The van der Waals surface area contributed by atoms with Crippen molar-refractivity contribution in [2.24, 2.45) is 0 Å². The number of benzene rings is 3. The Morgan fingerprint density at radius 3 is 0.921 bits per heavy atom. The molecule has 3 fully saturated rings. The van der Waals surface area contributed by atoms with Gasteiger partial charge in [0.15, 0.2) is 0 Å². The van der Waals surface area contributed by atoms with E-state index in [0.29, 0.717) is 0 Å². The van der Waals surface area contributed by atoms with Crippen LogP contribution in [0.3, 0.4) is 0 Å². The van der Waals surface area contributed by atoms with Crippen LogP contribution in [0.5, 0.6) is 0 Å². The fourth-order valence-electron chi connectivity index (χ4n) is 5.17. The van der Waals surface area contributed by atoms with Crippen LogP contribution in [0, 0.1) is 0 Å². The SMILES string of the molecule is CN(C)c1ccc(N2CCN3CCN(c4ccc(N(C)C)cc4)P2N(c2ccc(N(C)C)cc2)CC3)cc1. The summed E-state index contributed by atoms with van der Waals surface area (Å²) < 4.78 is 8.00. The first-order chi connectivity index (χ1) is 18.3. The minimum atomic E-state index is -0.839. The lowest BCUT2D eigenvalue weighted by Crippen LogP contribution is -2.52. The van der Waals surface area contributed by atoms with E-state index in [4.69, 9.17) is 0 Å². The van der Waals surface area contributed by atoms with Gasteiger partial charge in [-0.15, -0.1) is 0 Å². The van der Waals surface area contributed by atoms with Crippen LogP contribution in [0.25, 0.3) is 0 Å². The van der Waals surface area contributed by atoms with E-state index < -0.39 is 8.37 Å². The third-order valence-electron chi connectivity index (χ3n) is 7.52. The summed E-state index contributed by atoms with van der Waals surface area (Å²) in [4.78, 5) is 9.14. The van der Waals surface area contributed by atoms with Crippen LogP contribution in [-0.4, -0.2) is 86.5 Å². The van der Waals surface area contributed by atoms with E-state index >= 15 is 0 Å². The zero-order valence-electron chi connectivity index (χ0n) is 23.7. The lowest BCUT2D eigenvalue weighted by atomic mass is 10.2. The van der Waals surface area contributed by atoms with E-state index in [1.165, 1.54) is 34.1 Å². The van der Waals surface area contributed by atoms with Gasteiger partial charge in [-0.3, -0.25) is 4.90 Å². The van der Waals surface area contributed by atoms with Crippen LogP contribution in [0.15, 0.2) is 72.8 Å². The van der Waals surface area contributed by atoms with Crippen molar-refractivity contribution in [3.05, 3.63) is 72.8 Å². The smallest absolute Gasteiger partial charge is 0.208 e. The van der Waals surface area contributed by atoms with E-state index in [1.807, 2.05) is 0 Å². The van der Waals surface area contributed by atoms with E-state index in [2.05, 4.69) is 149 Å². The number of rotatable bonds is 6. The van der Waals surface area contributed by atoms with Crippen LogP contribution in [-0.2, 0) is 0 Å². The van der Waals surface area contributed by atoms with E-state index in [-0.39, 0.29) is 0 Å². The van der Waals surface area contributed by atoms with Gasteiger partial charge in [-0.25, -0.2) is 0 Å². The number of hydrogen-bond acceptors (Lipinski definition) is 7.